The number of benzene rings is 1. The molecule has 1 aromatic rings. The maximum absolute atomic E-state index is 12.5. The number of hydrogen-bond acceptors (Lipinski definition) is 4. The van der Waals surface area contributed by atoms with Gasteiger partial charge in [0.2, 0.25) is 0 Å². The van der Waals surface area contributed by atoms with Crippen molar-refractivity contribution >= 4 is 21.8 Å². The van der Waals surface area contributed by atoms with Crippen LogP contribution in [-0.4, -0.2) is 56.8 Å². The Hall–Kier alpha value is -1.11. The van der Waals surface area contributed by atoms with Crippen LogP contribution in [0.1, 0.15) is 36.0 Å². The third-order valence-corrected chi connectivity index (χ3v) is 6.02. The van der Waals surface area contributed by atoms with Crippen molar-refractivity contribution < 1.29 is 14.3 Å². The van der Waals surface area contributed by atoms with Crippen molar-refractivity contribution in [2.24, 2.45) is 5.92 Å². The van der Waals surface area contributed by atoms with E-state index in [1.54, 1.807) is 13.2 Å². The van der Waals surface area contributed by atoms with Crippen LogP contribution in [-0.2, 0) is 4.74 Å². The van der Waals surface area contributed by atoms with E-state index in [1.807, 2.05) is 12.1 Å². The third-order valence-electron chi connectivity index (χ3n) is 5.33. The van der Waals surface area contributed by atoms with Gasteiger partial charge in [-0.15, -0.1) is 0 Å². The Morgan fingerprint density at radius 3 is 2.68 bits per heavy atom. The Labute approximate surface area is 158 Å². The van der Waals surface area contributed by atoms with Gasteiger partial charge in [-0.25, -0.2) is 0 Å². The topological polar surface area (TPSA) is 50.8 Å². The van der Waals surface area contributed by atoms with E-state index in [0.29, 0.717) is 23.3 Å². The molecule has 2 aliphatic rings. The highest BCUT2D eigenvalue weighted by Gasteiger charge is 2.26. The Bertz CT molecular complexity index is 582. The minimum Gasteiger partial charge on any atom is -0.497 e. The van der Waals surface area contributed by atoms with E-state index in [0.717, 1.165) is 63.0 Å². The van der Waals surface area contributed by atoms with Crippen molar-refractivity contribution in [2.45, 2.75) is 31.7 Å². The number of amides is 1. The molecule has 0 saturated carbocycles. The molecular formula is C19H27BrN2O3. The van der Waals surface area contributed by atoms with E-state index < -0.39 is 0 Å². The molecule has 1 N–H and O–H groups in total. The van der Waals surface area contributed by atoms with Crippen LogP contribution in [0.5, 0.6) is 5.75 Å². The summed E-state index contributed by atoms with van der Waals surface area (Å²) in [6, 6.07) is 6.15. The fourth-order valence-electron chi connectivity index (χ4n) is 3.71. The number of hydrogen-bond donors (Lipinski definition) is 1. The second kappa shape index (κ2) is 9.01. The first kappa shape index (κ1) is 18.7. The summed E-state index contributed by atoms with van der Waals surface area (Å²) < 4.78 is 11.5. The zero-order valence-electron chi connectivity index (χ0n) is 14.8. The summed E-state index contributed by atoms with van der Waals surface area (Å²) in [5.41, 5.74) is 0.624. The zero-order chi connectivity index (χ0) is 17.6. The maximum atomic E-state index is 12.5. The number of rotatable bonds is 5. The summed E-state index contributed by atoms with van der Waals surface area (Å²) in [4.78, 5) is 15.1. The number of ether oxygens (including phenoxy) is 2. The third kappa shape index (κ3) is 4.96. The zero-order valence-corrected chi connectivity index (χ0v) is 16.4. The van der Waals surface area contributed by atoms with Gasteiger partial charge >= 0.3 is 0 Å². The van der Waals surface area contributed by atoms with Crippen LogP contribution in [0, 0.1) is 5.92 Å². The lowest BCUT2D eigenvalue weighted by atomic mass is 9.94. The molecule has 6 heteroatoms. The molecule has 0 aliphatic carbocycles. The minimum atomic E-state index is -0.0439. The molecule has 1 amide bonds. The van der Waals surface area contributed by atoms with Gasteiger partial charge in [-0.3, -0.25) is 4.79 Å². The molecule has 138 valence electrons. The quantitative estimate of drug-likeness (QED) is 0.809. The van der Waals surface area contributed by atoms with Crippen molar-refractivity contribution in [1.82, 2.24) is 10.2 Å². The molecule has 0 spiro atoms. The van der Waals surface area contributed by atoms with Crippen LogP contribution >= 0.6 is 15.9 Å². The lowest BCUT2D eigenvalue weighted by molar-refractivity contribution is 0.0211. The van der Waals surface area contributed by atoms with Gasteiger partial charge in [0.15, 0.2) is 0 Å². The number of nitrogens with zero attached hydrogens (tertiary/aromatic N) is 1. The molecule has 0 radical (unpaired) electrons. The molecule has 3 rings (SSSR count). The number of piperidine rings is 1. The van der Waals surface area contributed by atoms with Gasteiger partial charge in [0, 0.05) is 30.3 Å². The van der Waals surface area contributed by atoms with E-state index >= 15 is 0 Å². The molecule has 25 heavy (non-hydrogen) atoms. The molecular weight excluding hydrogens is 384 g/mol. The number of carbonyl (C=O) groups is 1. The number of likely N-dealkylation sites (tertiary alicyclic amines) is 1. The van der Waals surface area contributed by atoms with Crippen molar-refractivity contribution in [3.8, 4) is 5.75 Å². The van der Waals surface area contributed by atoms with Gasteiger partial charge in [-0.1, -0.05) is 0 Å². The van der Waals surface area contributed by atoms with E-state index in [4.69, 9.17) is 9.47 Å². The van der Waals surface area contributed by atoms with Crippen molar-refractivity contribution in [3.05, 3.63) is 28.2 Å². The second-order valence-corrected chi connectivity index (χ2v) is 7.73. The van der Waals surface area contributed by atoms with E-state index in [-0.39, 0.29) is 5.91 Å². The van der Waals surface area contributed by atoms with E-state index in [1.165, 1.54) is 0 Å². The second-order valence-electron chi connectivity index (χ2n) is 6.88. The number of nitrogens with one attached hydrogen (secondary N) is 1. The minimum absolute atomic E-state index is 0.0439. The van der Waals surface area contributed by atoms with Gasteiger partial charge in [0.1, 0.15) is 5.75 Å². The number of halogens is 1. The van der Waals surface area contributed by atoms with Gasteiger partial charge in [-0.05, 0) is 78.8 Å². The first-order valence-corrected chi connectivity index (χ1v) is 9.90. The highest BCUT2D eigenvalue weighted by Crippen LogP contribution is 2.24. The maximum Gasteiger partial charge on any atom is 0.252 e. The standard InChI is InChI=1S/C19H27BrN2O3/c1-24-16-2-3-18(20)17(12-16)19(23)21-13-14-4-8-22(9-5-14)15-6-10-25-11-7-15/h2-3,12,14-15H,4-11,13H2,1H3,(H,21,23). The van der Waals surface area contributed by atoms with Gasteiger partial charge < -0.3 is 19.7 Å². The van der Waals surface area contributed by atoms with Crippen LogP contribution in [0.15, 0.2) is 22.7 Å². The summed E-state index contributed by atoms with van der Waals surface area (Å²) in [5, 5.41) is 3.09. The Kier molecular flexibility index (Phi) is 6.73. The van der Waals surface area contributed by atoms with Gasteiger partial charge in [-0.2, -0.15) is 0 Å². The van der Waals surface area contributed by atoms with E-state index in [9.17, 15) is 4.79 Å². The Morgan fingerprint density at radius 2 is 2.00 bits per heavy atom. The summed E-state index contributed by atoms with van der Waals surface area (Å²) in [6.45, 7) is 4.80. The molecule has 5 nitrogen and oxygen atoms in total. The largest absolute Gasteiger partial charge is 0.497 e. The predicted molar refractivity (Wildman–Crippen MR) is 101 cm³/mol. The first-order chi connectivity index (χ1) is 12.2. The molecule has 2 fully saturated rings. The summed E-state index contributed by atoms with van der Waals surface area (Å²) in [5.74, 6) is 1.21. The highest BCUT2D eigenvalue weighted by atomic mass is 79.9. The van der Waals surface area contributed by atoms with Crippen LogP contribution in [0.2, 0.25) is 0 Å². The molecule has 1 aromatic carbocycles. The summed E-state index contributed by atoms with van der Waals surface area (Å²) in [6.07, 6.45) is 4.62. The lowest BCUT2D eigenvalue weighted by Crippen LogP contribution is -2.45. The Balaban J connectivity index is 1.46. The van der Waals surface area contributed by atoms with Crippen molar-refractivity contribution in [3.63, 3.8) is 0 Å². The number of carbonyl (C=O) groups excluding carboxylic acids is 1. The molecule has 0 atom stereocenters. The first-order valence-electron chi connectivity index (χ1n) is 9.11. The average Bonchev–Trinajstić information content (AvgIpc) is 2.67. The van der Waals surface area contributed by atoms with Crippen LogP contribution in [0.3, 0.4) is 0 Å². The van der Waals surface area contributed by atoms with Crippen LogP contribution < -0.4 is 10.1 Å². The SMILES string of the molecule is COc1ccc(Br)c(C(=O)NCC2CCN(C3CCOCC3)CC2)c1. The van der Waals surface area contributed by atoms with E-state index in [2.05, 4.69) is 26.1 Å². The van der Waals surface area contributed by atoms with Crippen LogP contribution in [0.4, 0.5) is 0 Å². The summed E-state index contributed by atoms with van der Waals surface area (Å²) >= 11 is 3.44. The molecule has 2 heterocycles. The highest BCUT2D eigenvalue weighted by molar-refractivity contribution is 9.10. The van der Waals surface area contributed by atoms with Crippen molar-refractivity contribution in [2.75, 3.05) is 40.0 Å². The fraction of sp³-hybridized carbons (Fsp3) is 0.632. The molecule has 2 saturated heterocycles. The molecule has 0 bridgehead atoms. The van der Waals surface area contributed by atoms with Gasteiger partial charge in [0.25, 0.3) is 5.91 Å². The number of methoxy groups -OCH3 is 1. The monoisotopic (exact) mass is 410 g/mol. The Morgan fingerprint density at radius 1 is 1.28 bits per heavy atom. The lowest BCUT2D eigenvalue weighted by Gasteiger charge is -2.39. The molecule has 2 aliphatic heterocycles. The fourth-order valence-corrected chi connectivity index (χ4v) is 4.14. The normalized spacial score (nSPS) is 20.4. The predicted octanol–water partition coefficient (Wildman–Crippen LogP) is 3.08. The van der Waals surface area contributed by atoms with Crippen molar-refractivity contribution in [1.29, 1.82) is 0 Å². The summed E-state index contributed by atoms with van der Waals surface area (Å²) in [7, 11) is 1.61. The smallest absolute Gasteiger partial charge is 0.252 e. The average molecular weight is 411 g/mol. The molecule has 0 aromatic heterocycles. The molecule has 0 unspecified atom stereocenters. The van der Waals surface area contributed by atoms with Gasteiger partial charge in [0.05, 0.1) is 12.7 Å². The van der Waals surface area contributed by atoms with Crippen LogP contribution in [0.25, 0.3) is 0 Å².